The summed E-state index contributed by atoms with van der Waals surface area (Å²) < 4.78 is 10.3. The fraction of sp³-hybridized carbons (Fsp3) is 0.538. The van der Waals surface area contributed by atoms with Gasteiger partial charge in [0, 0.05) is 13.7 Å². The number of benzene rings is 1. The van der Waals surface area contributed by atoms with Crippen LogP contribution < -0.4 is 10.1 Å². The van der Waals surface area contributed by atoms with Crippen molar-refractivity contribution in [1.29, 1.82) is 0 Å². The third-order valence-corrected chi connectivity index (χ3v) is 3.16. The highest BCUT2D eigenvalue weighted by molar-refractivity contribution is 6.37. The first kappa shape index (κ1) is 17.5. The highest BCUT2D eigenvalue weighted by atomic mass is 35.5. The van der Waals surface area contributed by atoms with E-state index in [4.69, 9.17) is 37.8 Å². The minimum absolute atomic E-state index is 0.0432. The number of aliphatic hydroxyl groups is 2. The maximum absolute atomic E-state index is 9.81. The zero-order chi connectivity index (χ0) is 15.0. The second-order valence-electron chi connectivity index (χ2n) is 4.26. The van der Waals surface area contributed by atoms with E-state index in [0.29, 0.717) is 22.4 Å². The van der Waals surface area contributed by atoms with Crippen LogP contribution in [0.2, 0.25) is 10.0 Å². The summed E-state index contributed by atoms with van der Waals surface area (Å²) in [4.78, 5) is 0. The number of aliphatic hydroxyl groups excluding tert-OH is 2. The van der Waals surface area contributed by atoms with E-state index >= 15 is 0 Å². The number of rotatable bonds is 9. The van der Waals surface area contributed by atoms with Crippen LogP contribution in [0.4, 0.5) is 0 Å². The van der Waals surface area contributed by atoms with Gasteiger partial charge in [-0.25, -0.2) is 0 Å². The van der Waals surface area contributed by atoms with Gasteiger partial charge in [-0.3, -0.25) is 0 Å². The van der Waals surface area contributed by atoms with Gasteiger partial charge < -0.3 is 25.0 Å². The van der Waals surface area contributed by atoms with Crippen LogP contribution in [0.25, 0.3) is 0 Å². The lowest BCUT2D eigenvalue weighted by molar-refractivity contribution is 0.0855. The van der Waals surface area contributed by atoms with Gasteiger partial charge in [0.05, 0.1) is 29.3 Å². The van der Waals surface area contributed by atoms with E-state index < -0.39 is 6.10 Å². The Morgan fingerprint density at radius 1 is 1.25 bits per heavy atom. The Hall–Kier alpha value is -0.560. The molecule has 1 aromatic carbocycles. The molecule has 1 aromatic rings. The van der Waals surface area contributed by atoms with Crippen molar-refractivity contribution in [2.24, 2.45) is 0 Å². The van der Waals surface area contributed by atoms with Gasteiger partial charge in [0.25, 0.3) is 0 Å². The molecule has 3 N–H and O–H groups in total. The minimum atomic E-state index is -0.756. The molecule has 7 heteroatoms. The van der Waals surface area contributed by atoms with Crippen LogP contribution in [0.3, 0.4) is 0 Å². The maximum atomic E-state index is 9.81. The lowest BCUT2D eigenvalue weighted by atomic mass is 10.3. The Kier molecular flexibility index (Phi) is 8.21. The number of hydrogen-bond acceptors (Lipinski definition) is 5. The molecule has 0 saturated heterocycles. The lowest BCUT2D eigenvalue weighted by Crippen LogP contribution is -2.42. The van der Waals surface area contributed by atoms with Gasteiger partial charge in [-0.05, 0) is 12.1 Å². The molecular formula is C13H19Cl2NO4. The normalized spacial score (nSPS) is 14.1. The number of ether oxygens (including phenoxy) is 2. The van der Waals surface area contributed by atoms with Gasteiger partial charge in [-0.1, -0.05) is 29.3 Å². The summed E-state index contributed by atoms with van der Waals surface area (Å²) in [5.74, 6) is 0.352. The minimum Gasteiger partial charge on any atom is -0.488 e. The van der Waals surface area contributed by atoms with Gasteiger partial charge in [-0.2, -0.15) is 0 Å². The van der Waals surface area contributed by atoms with Crippen molar-refractivity contribution >= 4 is 23.2 Å². The largest absolute Gasteiger partial charge is 0.488 e. The third kappa shape index (κ3) is 5.83. The first-order chi connectivity index (χ1) is 9.58. The number of para-hydroxylation sites is 1. The van der Waals surface area contributed by atoms with Gasteiger partial charge in [0.15, 0.2) is 5.75 Å². The van der Waals surface area contributed by atoms with Gasteiger partial charge >= 0.3 is 0 Å². The molecule has 5 nitrogen and oxygen atoms in total. The summed E-state index contributed by atoms with van der Waals surface area (Å²) in [5.41, 5.74) is 0. The van der Waals surface area contributed by atoms with E-state index in [1.54, 1.807) is 25.3 Å². The van der Waals surface area contributed by atoms with Crippen LogP contribution in [0, 0.1) is 0 Å². The lowest BCUT2D eigenvalue weighted by Gasteiger charge is -2.19. The van der Waals surface area contributed by atoms with Crippen LogP contribution in [0.1, 0.15) is 0 Å². The van der Waals surface area contributed by atoms with Crippen molar-refractivity contribution in [3.05, 3.63) is 28.2 Å². The van der Waals surface area contributed by atoms with E-state index in [0.717, 1.165) is 0 Å². The molecule has 0 amide bonds. The molecule has 0 aliphatic carbocycles. The molecule has 20 heavy (non-hydrogen) atoms. The SMILES string of the molecule is COCC(CO)NCC(O)COc1c(Cl)cccc1Cl. The summed E-state index contributed by atoms with van der Waals surface area (Å²) in [5, 5.41) is 22.6. The van der Waals surface area contributed by atoms with Crippen LogP contribution in [0.5, 0.6) is 5.75 Å². The predicted molar refractivity (Wildman–Crippen MR) is 78.7 cm³/mol. The number of halogens is 2. The molecular weight excluding hydrogens is 305 g/mol. The molecule has 114 valence electrons. The summed E-state index contributed by atoms with van der Waals surface area (Å²) in [6, 6.07) is 4.81. The van der Waals surface area contributed by atoms with Crippen molar-refractivity contribution in [2.75, 3.05) is 33.5 Å². The van der Waals surface area contributed by atoms with Gasteiger partial charge in [0.2, 0.25) is 0 Å². The quantitative estimate of drug-likeness (QED) is 0.639. The monoisotopic (exact) mass is 323 g/mol. The molecule has 0 aliphatic rings. The van der Waals surface area contributed by atoms with Crippen molar-refractivity contribution in [1.82, 2.24) is 5.32 Å². The molecule has 0 aromatic heterocycles. The second kappa shape index (κ2) is 9.39. The predicted octanol–water partition coefficient (Wildman–Crippen LogP) is 1.33. The van der Waals surface area contributed by atoms with E-state index in [2.05, 4.69) is 5.32 Å². The molecule has 2 unspecified atom stereocenters. The molecule has 0 bridgehead atoms. The molecule has 0 spiro atoms. The average molecular weight is 324 g/mol. The topological polar surface area (TPSA) is 71.0 Å². The average Bonchev–Trinajstić information content (AvgIpc) is 2.42. The fourth-order valence-corrected chi connectivity index (χ4v) is 2.05. The fourth-order valence-electron chi connectivity index (χ4n) is 1.54. The van der Waals surface area contributed by atoms with E-state index in [1.165, 1.54) is 0 Å². The van der Waals surface area contributed by atoms with E-state index in [1.807, 2.05) is 0 Å². The molecule has 1 rings (SSSR count). The van der Waals surface area contributed by atoms with Crippen LogP contribution in [-0.4, -0.2) is 55.8 Å². The Morgan fingerprint density at radius 3 is 2.45 bits per heavy atom. The van der Waals surface area contributed by atoms with Crippen LogP contribution in [-0.2, 0) is 4.74 Å². The molecule has 0 heterocycles. The third-order valence-electron chi connectivity index (χ3n) is 2.57. The Labute approximate surface area is 128 Å². The van der Waals surface area contributed by atoms with Crippen molar-refractivity contribution in [3.63, 3.8) is 0 Å². The van der Waals surface area contributed by atoms with Crippen molar-refractivity contribution in [2.45, 2.75) is 12.1 Å². The Bertz CT molecular complexity index is 386. The Balaban J connectivity index is 2.38. The molecule has 0 saturated carbocycles. The summed E-state index contributed by atoms with van der Waals surface area (Å²) in [7, 11) is 1.54. The highest BCUT2D eigenvalue weighted by Gasteiger charge is 2.12. The number of methoxy groups -OCH3 is 1. The van der Waals surface area contributed by atoms with Gasteiger partial charge in [0.1, 0.15) is 12.7 Å². The van der Waals surface area contributed by atoms with Crippen molar-refractivity contribution in [3.8, 4) is 5.75 Å². The summed E-state index contributed by atoms with van der Waals surface area (Å²) >= 11 is 11.9. The van der Waals surface area contributed by atoms with E-state index in [9.17, 15) is 5.11 Å². The smallest absolute Gasteiger partial charge is 0.156 e. The molecule has 2 atom stereocenters. The highest BCUT2D eigenvalue weighted by Crippen LogP contribution is 2.32. The zero-order valence-corrected chi connectivity index (χ0v) is 12.7. The summed E-state index contributed by atoms with van der Waals surface area (Å²) in [6.45, 7) is 0.594. The molecule has 0 aliphatic heterocycles. The van der Waals surface area contributed by atoms with Crippen molar-refractivity contribution < 1.29 is 19.7 Å². The Morgan fingerprint density at radius 2 is 1.90 bits per heavy atom. The standard InChI is InChI=1S/C13H19Cl2NO4/c1-19-7-9(6-17)16-5-10(18)8-20-13-11(14)3-2-4-12(13)15/h2-4,9-10,16-18H,5-8H2,1H3. The van der Waals surface area contributed by atoms with E-state index in [-0.39, 0.29) is 25.8 Å². The molecule has 0 radical (unpaired) electrons. The number of nitrogens with one attached hydrogen (secondary N) is 1. The first-order valence-corrected chi connectivity index (χ1v) is 6.92. The molecule has 0 fully saturated rings. The second-order valence-corrected chi connectivity index (χ2v) is 5.07. The first-order valence-electron chi connectivity index (χ1n) is 6.16. The summed E-state index contributed by atoms with van der Waals surface area (Å²) in [6.07, 6.45) is -0.756. The number of hydrogen-bond donors (Lipinski definition) is 3. The maximum Gasteiger partial charge on any atom is 0.156 e. The zero-order valence-electron chi connectivity index (χ0n) is 11.2. The van der Waals surface area contributed by atoms with Gasteiger partial charge in [-0.15, -0.1) is 0 Å². The van der Waals surface area contributed by atoms with Crippen LogP contribution >= 0.6 is 23.2 Å². The van der Waals surface area contributed by atoms with Crippen LogP contribution in [0.15, 0.2) is 18.2 Å².